The quantitative estimate of drug-likeness (QED) is 0.780. The zero-order valence-electron chi connectivity index (χ0n) is 7.30. The van der Waals surface area contributed by atoms with Crippen molar-refractivity contribution >= 4 is 6.08 Å². The van der Waals surface area contributed by atoms with Gasteiger partial charge in [-0.2, -0.15) is 5.26 Å². The van der Waals surface area contributed by atoms with Crippen molar-refractivity contribution in [2.45, 2.75) is 0 Å². The summed E-state index contributed by atoms with van der Waals surface area (Å²) >= 11 is 0. The summed E-state index contributed by atoms with van der Waals surface area (Å²) in [7, 11) is 0. The lowest BCUT2D eigenvalue weighted by Gasteiger charge is -1.99. The van der Waals surface area contributed by atoms with Gasteiger partial charge in [0.25, 0.3) is 0 Å². The van der Waals surface area contributed by atoms with Crippen LogP contribution in [0, 0.1) is 23.0 Å². The molecule has 0 atom stereocenters. The van der Waals surface area contributed by atoms with Gasteiger partial charge < -0.3 is 5.73 Å². The lowest BCUT2D eigenvalue weighted by Crippen LogP contribution is -1.94. The minimum atomic E-state index is -1.02. The Bertz CT molecular complexity index is 405. The Balaban J connectivity index is 3.22. The van der Waals surface area contributed by atoms with Crippen molar-refractivity contribution in [2.24, 2.45) is 5.73 Å². The fraction of sp³-hybridized carbons (Fsp3) is 0.100. The maximum atomic E-state index is 12.8. The van der Waals surface area contributed by atoms with Crippen LogP contribution in [0.15, 0.2) is 18.2 Å². The van der Waals surface area contributed by atoms with Crippen LogP contribution in [0.4, 0.5) is 8.78 Å². The van der Waals surface area contributed by atoms with E-state index in [9.17, 15) is 8.78 Å². The van der Waals surface area contributed by atoms with Gasteiger partial charge in [0.15, 0.2) is 11.6 Å². The van der Waals surface area contributed by atoms with Crippen molar-refractivity contribution in [3.05, 3.63) is 41.0 Å². The van der Waals surface area contributed by atoms with Crippen LogP contribution in [-0.2, 0) is 0 Å². The Morgan fingerprint density at radius 3 is 2.57 bits per heavy atom. The first-order valence-electron chi connectivity index (χ1n) is 3.94. The minimum absolute atomic E-state index is 0.0913. The van der Waals surface area contributed by atoms with Gasteiger partial charge in [0.05, 0.1) is 11.6 Å². The van der Waals surface area contributed by atoms with E-state index >= 15 is 0 Å². The Kier molecular flexibility index (Phi) is 3.32. The Morgan fingerprint density at radius 1 is 1.36 bits per heavy atom. The first-order valence-corrected chi connectivity index (χ1v) is 3.94. The molecular formula is C10H8F2N2. The van der Waals surface area contributed by atoms with Crippen LogP contribution in [0.2, 0.25) is 0 Å². The largest absolute Gasteiger partial charge is 0.327 e. The number of halogens is 2. The molecule has 0 saturated carbocycles. The third-order valence-electron chi connectivity index (χ3n) is 1.65. The van der Waals surface area contributed by atoms with Crippen LogP contribution in [0.1, 0.15) is 11.1 Å². The van der Waals surface area contributed by atoms with Gasteiger partial charge in [0, 0.05) is 6.54 Å². The molecule has 0 aromatic heterocycles. The molecule has 2 nitrogen and oxygen atoms in total. The standard InChI is InChI=1S/C10H8F2N2/c11-9-4-7(2-1-3-13)8(6-14)5-10(9)12/h1-2,4-5H,3,13H2. The summed E-state index contributed by atoms with van der Waals surface area (Å²) in [4.78, 5) is 0. The molecule has 4 heteroatoms. The number of nitrogens with zero attached hydrogens (tertiary/aromatic N) is 1. The van der Waals surface area contributed by atoms with E-state index in [-0.39, 0.29) is 12.1 Å². The molecule has 0 bridgehead atoms. The molecule has 0 aliphatic heterocycles. The average molecular weight is 194 g/mol. The summed E-state index contributed by atoms with van der Waals surface area (Å²) in [6.07, 6.45) is 3.05. The number of nitrogens with two attached hydrogens (primary N) is 1. The average Bonchev–Trinajstić information content (AvgIpc) is 2.19. The van der Waals surface area contributed by atoms with Gasteiger partial charge in [-0.25, -0.2) is 8.78 Å². The summed E-state index contributed by atoms with van der Waals surface area (Å²) in [6, 6.07) is 3.61. The second-order valence-corrected chi connectivity index (χ2v) is 2.60. The van der Waals surface area contributed by atoms with Gasteiger partial charge in [0.2, 0.25) is 0 Å². The van der Waals surface area contributed by atoms with Gasteiger partial charge in [-0.05, 0) is 17.7 Å². The second-order valence-electron chi connectivity index (χ2n) is 2.60. The van der Waals surface area contributed by atoms with Crippen LogP contribution in [0.25, 0.3) is 6.08 Å². The fourth-order valence-electron chi connectivity index (χ4n) is 0.992. The maximum Gasteiger partial charge on any atom is 0.160 e. The zero-order valence-corrected chi connectivity index (χ0v) is 7.30. The highest BCUT2D eigenvalue weighted by atomic mass is 19.2. The van der Waals surface area contributed by atoms with E-state index in [0.717, 1.165) is 12.1 Å². The maximum absolute atomic E-state index is 12.8. The molecule has 0 aliphatic rings. The number of nitriles is 1. The summed E-state index contributed by atoms with van der Waals surface area (Å²) < 4.78 is 25.5. The van der Waals surface area contributed by atoms with Crippen molar-refractivity contribution in [1.29, 1.82) is 5.26 Å². The van der Waals surface area contributed by atoms with Crippen LogP contribution >= 0.6 is 0 Å². The highest BCUT2D eigenvalue weighted by Gasteiger charge is 2.06. The van der Waals surface area contributed by atoms with E-state index in [1.54, 1.807) is 12.1 Å². The van der Waals surface area contributed by atoms with Crippen LogP contribution in [0.5, 0.6) is 0 Å². The van der Waals surface area contributed by atoms with Gasteiger partial charge >= 0.3 is 0 Å². The molecule has 0 saturated heterocycles. The molecule has 0 fully saturated rings. The fourth-order valence-corrected chi connectivity index (χ4v) is 0.992. The van der Waals surface area contributed by atoms with E-state index in [1.807, 2.05) is 0 Å². The predicted molar refractivity (Wildman–Crippen MR) is 49.2 cm³/mol. The van der Waals surface area contributed by atoms with Gasteiger partial charge in [-0.1, -0.05) is 12.2 Å². The highest BCUT2D eigenvalue weighted by molar-refractivity contribution is 5.58. The third-order valence-corrected chi connectivity index (χ3v) is 1.65. The molecule has 0 amide bonds. The zero-order chi connectivity index (χ0) is 10.6. The molecule has 2 N–H and O–H groups in total. The normalized spacial score (nSPS) is 10.4. The van der Waals surface area contributed by atoms with Crippen molar-refractivity contribution in [3.63, 3.8) is 0 Å². The van der Waals surface area contributed by atoms with Crippen molar-refractivity contribution < 1.29 is 8.78 Å². The Labute approximate surface area is 80.3 Å². The molecule has 14 heavy (non-hydrogen) atoms. The number of rotatable bonds is 2. The first-order chi connectivity index (χ1) is 6.69. The second kappa shape index (κ2) is 4.49. The van der Waals surface area contributed by atoms with E-state index < -0.39 is 11.6 Å². The molecule has 0 radical (unpaired) electrons. The predicted octanol–water partition coefficient (Wildman–Crippen LogP) is 1.81. The molecule has 72 valence electrons. The van der Waals surface area contributed by atoms with Gasteiger partial charge in [-0.3, -0.25) is 0 Å². The van der Waals surface area contributed by atoms with Gasteiger partial charge in [0.1, 0.15) is 0 Å². The summed E-state index contributed by atoms with van der Waals surface area (Å²) in [6.45, 7) is 0.282. The molecular weight excluding hydrogens is 186 g/mol. The Morgan fingerprint density at radius 2 is 2.00 bits per heavy atom. The van der Waals surface area contributed by atoms with E-state index in [0.29, 0.717) is 5.56 Å². The van der Waals surface area contributed by atoms with Crippen molar-refractivity contribution in [2.75, 3.05) is 6.54 Å². The van der Waals surface area contributed by atoms with Crippen LogP contribution < -0.4 is 5.73 Å². The molecule has 0 unspecified atom stereocenters. The van der Waals surface area contributed by atoms with E-state index in [4.69, 9.17) is 11.0 Å². The molecule has 0 spiro atoms. The minimum Gasteiger partial charge on any atom is -0.327 e. The number of hydrogen-bond acceptors (Lipinski definition) is 2. The van der Waals surface area contributed by atoms with E-state index in [1.165, 1.54) is 6.08 Å². The molecule has 0 aliphatic carbocycles. The molecule has 1 aromatic carbocycles. The number of hydrogen-bond donors (Lipinski definition) is 1. The van der Waals surface area contributed by atoms with Crippen LogP contribution in [-0.4, -0.2) is 6.54 Å². The smallest absolute Gasteiger partial charge is 0.160 e. The summed E-state index contributed by atoms with van der Waals surface area (Å²) in [5.74, 6) is -1.99. The van der Waals surface area contributed by atoms with Crippen molar-refractivity contribution in [3.8, 4) is 6.07 Å². The first kappa shape index (κ1) is 10.4. The topological polar surface area (TPSA) is 49.8 Å². The monoisotopic (exact) mass is 194 g/mol. The summed E-state index contributed by atoms with van der Waals surface area (Å²) in [5, 5.41) is 8.63. The molecule has 1 aromatic rings. The number of benzene rings is 1. The Hall–Kier alpha value is -1.73. The van der Waals surface area contributed by atoms with Gasteiger partial charge in [-0.15, -0.1) is 0 Å². The highest BCUT2D eigenvalue weighted by Crippen LogP contribution is 2.15. The lowest BCUT2D eigenvalue weighted by atomic mass is 10.1. The van der Waals surface area contributed by atoms with Crippen LogP contribution in [0.3, 0.4) is 0 Å². The third kappa shape index (κ3) is 2.15. The van der Waals surface area contributed by atoms with E-state index in [2.05, 4.69) is 0 Å². The SMILES string of the molecule is N#Cc1cc(F)c(F)cc1C=CCN. The summed E-state index contributed by atoms with van der Waals surface area (Å²) in [5.41, 5.74) is 5.62. The molecule has 0 heterocycles. The lowest BCUT2D eigenvalue weighted by molar-refractivity contribution is 0.508. The van der Waals surface area contributed by atoms with Crippen molar-refractivity contribution in [1.82, 2.24) is 0 Å². The molecule has 1 rings (SSSR count).